The van der Waals surface area contributed by atoms with E-state index in [4.69, 9.17) is 4.74 Å². The Morgan fingerprint density at radius 1 is 1.04 bits per heavy atom. The highest BCUT2D eigenvalue weighted by molar-refractivity contribution is 5.94. The summed E-state index contributed by atoms with van der Waals surface area (Å²) in [6.07, 6.45) is 2.51. The predicted molar refractivity (Wildman–Crippen MR) is 96.1 cm³/mol. The molecule has 0 bridgehead atoms. The summed E-state index contributed by atoms with van der Waals surface area (Å²) >= 11 is 0. The smallest absolute Gasteiger partial charge is 0.407 e. The van der Waals surface area contributed by atoms with Crippen LogP contribution in [0.5, 0.6) is 0 Å². The molecule has 1 aromatic rings. The summed E-state index contributed by atoms with van der Waals surface area (Å²) in [4.78, 5) is 34.6. The lowest BCUT2D eigenvalue weighted by Crippen LogP contribution is -2.37. The first-order valence-corrected chi connectivity index (χ1v) is 7.96. The largest absolute Gasteiger partial charge is 0.444 e. The number of carbonyl (C=O) groups excluding carboxylic acids is 3. The van der Waals surface area contributed by atoms with E-state index in [1.807, 2.05) is 0 Å². The molecule has 0 aliphatic carbocycles. The normalized spacial score (nSPS) is 11.0. The van der Waals surface area contributed by atoms with Crippen molar-refractivity contribution in [1.82, 2.24) is 16.0 Å². The van der Waals surface area contributed by atoms with Crippen LogP contribution in [0.4, 0.5) is 4.79 Å². The van der Waals surface area contributed by atoms with Crippen molar-refractivity contribution in [2.45, 2.75) is 26.4 Å². The summed E-state index contributed by atoms with van der Waals surface area (Å²) in [5.41, 5.74) is 0.802. The molecule has 0 fully saturated rings. The summed E-state index contributed by atoms with van der Waals surface area (Å²) in [5.74, 6) is -0.438. The van der Waals surface area contributed by atoms with Gasteiger partial charge in [-0.3, -0.25) is 9.59 Å². The number of carbonyl (C=O) groups is 3. The number of nitrogens with one attached hydrogen (secondary N) is 3. The number of alkyl carbamates (subject to hydrolysis) is 1. The molecule has 0 aromatic heterocycles. The number of ether oxygens (including phenoxy) is 1. The van der Waals surface area contributed by atoms with Crippen LogP contribution in [-0.2, 0) is 9.53 Å². The van der Waals surface area contributed by atoms with Gasteiger partial charge in [-0.2, -0.15) is 0 Å². The zero-order valence-electron chi connectivity index (χ0n) is 15.0. The van der Waals surface area contributed by atoms with Gasteiger partial charge in [0.05, 0.1) is 0 Å². The van der Waals surface area contributed by atoms with E-state index >= 15 is 0 Å². The number of benzene rings is 1. The van der Waals surface area contributed by atoms with Gasteiger partial charge in [0.15, 0.2) is 0 Å². The van der Waals surface area contributed by atoms with Crippen LogP contribution >= 0.6 is 0 Å². The molecule has 0 radical (unpaired) electrons. The van der Waals surface area contributed by atoms with Crippen molar-refractivity contribution in [2.24, 2.45) is 0 Å². The van der Waals surface area contributed by atoms with Crippen molar-refractivity contribution in [3.63, 3.8) is 0 Å². The maximum atomic E-state index is 11.7. The maximum absolute atomic E-state index is 11.7. The monoisotopic (exact) mass is 347 g/mol. The van der Waals surface area contributed by atoms with Gasteiger partial charge in [-0.25, -0.2) is 4.79 Å². The van der Waals surface area contributed by atoms with E-state index in [2.05, 4.69) is 16.0 Å². The topological polar surface area (TPSA) is 96.5 Å². The molecule has 7 nitrogen and oxygen atoms in total. The Labute approximate surface area is 147 Å². The van der Waals surface area contributed by atoms with Crippen molar-refractivity contribution in [1.29, 1.82) is 0 Å². The van der Waals surface area contributed by atoms with E-state index in [9.17, 15) is 14.4 Å². The SMILES string of the molecule is CNC(=O)c1ccc(/C=C/C(=O)NCCNC(=O)OC(C)(C)C)cc1. The molecule has 0 atom stereocenters. The number of hydrogen-bond donors (Lipinski definition) is 3. The van der Waals surface area contributed by atoms with Crippen molar-refractivity contribution >= 4 is 24.0 Å². The standard InChI is InChI=1S/C18H25N3O4/c1-18(2,3)25-17(24)21-12-11-20-15(22)10-7-13-5-8-14(9-6-13)16(23)19-4/h5-10H,11-12H2,1-4H3,(H,19,23)(H,20,22)(H,21,24)/b10-7+. The molecular weight excluding hydrogens is 322 g/mol. The minimum Gasteiger partial charge on any atom is -0.444 e. The second-order valence-corrected chi connectivity index (χ2v) is 6.25. The van der Waals surface area contributed by atoms with Crippen LogP contribution in [0.3, 0.4) is 0 Å². The van der Waals surface area contributed by atoms with E-state index in [0.29, 0.717) is 5.56 Å². The van der Waals surface area contributed by atoms with Crippen molar-refractivity contribution in [3.05, 3.63) is 41.5 Å². The Bertz CT molecular complexity index is 631. The quantitative estimate of drug-likeness (QED) is 0.539. The lowest BCUT2D eigenvalue weighted by molar-refractivity contribution is -0.116. The van der Waals surface area contributed by atoms with Gasteiger partial charge < -0.3 is 20.7 Å². The van der Waals surface area contributed by atoms with Crippen molar-refractivity contribution in [3.8, 4) is 0 Å². The van der Waals surface area contributed by atoms with Gasteiger partial charge in [0.25, 0.3) is 5.91 Å². The fourth-order valence-electron chi connectivity index (χ4n) is 1.79. The Morgan fingerprint density at radius 3 is 2.20 bits per heavy atom. The first kappa shape index (κ1) is 20.2. The fraction of sp³-hybridized carbons (Fsp3) is 0.389. The molecule has 0 aliphatic heterocycles. The van der Waals surface area contributed by atoms with Gasteiger partial charge >= 0.3 is 6.09 Å². The molecule has 0 spiro atoms. The maximum Gasteiger partial charge on any atom is 0.407 e. The average molecular weight is 347 g/mol. The van der Waals surface area contributed by atoms with Crippen molar-refractivity contribution < 1.29 is 19.1 Å². The second-order valence-electron chi connectivity index (χ2n) is 6.25. The first-order chi connectivity index (χ1) is 11.7. The molecule has 1 aromatic carbocycles. The molecule has 136 valence electrons. The number of rotatable bonds is 6. The molecule has 0 saturated heterocycles. The minimum absolute atomic E-state index is 0.161. The third-order valence-electron chi connectivity index (χ3n) is 2.92. The lowest BCUT2D eigenvalue weighted by Gasteiger charge is -2.19. The second kappa shape index (κ2) is 9.46. The Balaban J connectivity index is 2.33. The van der Waals surface area contributed by atoms with Gasteiger partial charge in [0, 0.05) is 31.8 Å². The summed E-state index contributed by atoms with van der Waals surface area (Å²) in [6.45, 7) is 5.90. The molecule has 0 aliphatic rings. The van der Waals surface area contributed by atoms with Crippen LogP contribution in [-0.4, -0.2) is 43.6 Å². The van der Waals surface area contributed by atoms with E-state index in [1.54, 1.807) is 58.2 Å². The number of amides is 3. The molecule has 3 amide bonds. The minimum atomic E-state index is -0.552. The Hall–Kier alpha value is -2.83. The molecule has 0 unspecified atom stereocenters. The van der Waals surface area contributed by atoms with Crippen LogP contribution in [0, 0.1) is 0 Å². The molecular formula is C18H25N3O4. The van der Waals surface area contributed by atoms with E-state index < -0.39 is 11.7 Å². The van der Waals surface area contributed by atoms with Crippen LogP contribution < -0.4 is 16.0 Å². The Morgan fingerprint density at radius 2 is 1.64 bits per heavy atom. The molecule has 7 heteroatoms. The summed E-state index contributed by atoms with van der Waals surface area (Å²) in [5, 5.41) is 7.74. The third kappa shape index (κ3) is 8.55. The Kier molecular flexibility index (Phi) is 7.65. The highest BCUT2D eigenvalue weighted by atomic mass is 16.6. The van der Waals surface area contributed by atoms with Gasteiger partial charge in [0.2, 0.25) is 5.91 Å². The van der Waals surface area contributed by atoms with Crippen LogP contribution in [0.15, 0.2) is 30.3 Å². The summed E-state index contributed by atoms with van der Waals surface area (Å²) in [7, 11) is 1.57. The average Bonchev–Trinajstić information content (AvgIpc) is 2.55. The van der Waals surface area contributed by atoms with Crippen LogP contribution in [0.25, 0.3) is 6.08 Å². The molecule has 3 N–H and O–H groups in total. The van der Waals surface area contributed by atoms with Crippen LogP contribution in [0.2, 0.25) is 0 Å². The summed E-state index contributed by atoms with van der Waals surface area (Å²) < 4.78 is 5.08. The fourth-order valence-corrected chi connectivity index (χ4v) is 1.79. The molecule has 1 rings (SSSR count). The van der Waals surface area contributed by atoms with E-state index in [1.165, 1.54) is 6.08 Å². The first-order valence-electron chi connectivity index (χ1n) is 7.96. The lowest BCUT2D eigenvalue weighted by atomic mass is 10.1. The third-order valence-corrected chi connectivity index (χ3v) is 2.92. The van der Waals surface area contributed by atoms with Gasteiger partial charge in [-0.1, -0.05) is 12.1 Å². The zero-order chi connectivity index (χ0) is 18.9. The van der Waals surface area contributed by atoms with Gasteiger partial charge in [0.1, 0.15) is 5.60 Å². The highest BCUT2D eigenvalue weighted by Gasteiger charge is 2.15. The van der Waals surface area contributed by atoms with E-state index in [-0.39, 0.29) is 24.9 Å². The highest BCUT2D eigenvalue weighted by Crippen LogP contribution is 2.07. The zero-order valence-corrected chi connectivity index (χ0v) is 15.0. The molecule has 0 saturated carbocycles. The van der Waals surface area contributed by atoms with Crippen LogP contribution in [0.1, 0.15) is 36.7 Å². The summed E-state index contributed by atoms with van der Waals surface area (Å²) in [6, 6.07) is 6.86. The molecule has 0 heterocycles. The van der Waals surface area contributed by atoms with Crippen molar-refractivity contribution in [2.75, 3.05) is 20.1 Å². The van der Waals surface area contributed by atoms with Gasteiger partial charge in [-0.15, -0.1) is 0 Å². The number of hydrogen-bond acceptors (Lipinski definition) is 4. The van der Waals surface area contributed by atoms with Gasteiger partial charge in [-0.05, 0) is 44.5 Å². The molecule has 25 heavy (non-hydrogen) atoms. The van der Waals surface area contributed by atoms with E-state index in [0.717, 1.165) is 5.56 Å². The predicted octanol–water partition coefficient (Wildman–Crippen LogP) is 1.70.